The Morgan fingerprint density at radius 2 is 2.00 bits per heavy atom. The van der Waals surface area contributed by atoms with Gasteiger partial charge in [0.15, 0.2) is 0 Å². The maximum atomic E-state index is 4.33. The number of pyridine rings is 1. The third-order valence-electron chi connectivity index (χ3n) is 2.75. The number of nitrogens with zero attached hydrogens (tertiary/aromatic N) is 1. The van der Waals surface area contributed by atoms with Crippen LogP contribution in [-0.4, -0.2) is 9.81 Å². The van der Waals surface area contributed by atoms with E-state index in [1.165, 1.54) is 5.69 Å². The molecule has 1 rings (SSSR count). The van der Waals surface area contributed by atoms with Gasteiger partial charge in [-0.15, -0.1) is 0 Å². The third kappa shape index (κ3) is 3.41. The highest BCUT2D eigenvalue weighted by Crippen LogP contribution is 2.23. The first kappa shape index (κ1) is 11.7. The second-order valence-corrected chi connectivity index (χ2v) is 5.32. The number of rotatable bonds is 4. The van der Waals surface area contributed by atoms with Crippen molar-refractivity contribution in [2.45, 2.75) is 32.0 Å². The van der Waals surface area contributed by atoms with Crippen molar-refractivity contribution in [3.05, 3.63) is 30.1 Å². The van der Waals surface area contributed by atoms with Crippen LogP contribution < -0.4 is 0 Å². The summed E-state index contributed by atoms with van der Waals surface area (Å²) in [6.45, 7) is 6.81. The lowest BCUT2D eigenvalue weighted by Gasteiger charge is -2.21. The minimum absolute atomic E-state index is 0.525. The van der Waals surface area contributed by atoms with Crippen LogP contribution in [0.5, 0.6) is 0 Å². The summed E-state index contributed by atoms with van der Waals surface area (Å²) < 4.78 is 0. The van der Waals surface area contributed by atoms with Crippen molar-refractivity contribution < 1.29 is 0 Å². The van der Waals surface area contributed by atoms with E-state index in [-0.39, 0.29) is 0 Å². The largest absolute Gasteiger partial charge is 0.261 e. The Balaban J connectivity index is 2.53. The van der Waals surface area contributed by atoms with Gasteiger partial charge >= 0.3 is 0 Å². The van der Waals surface area contributed by atoms with E-state index in [9.17, 15) is 0 Å². The summed E-state index contributed by atoms with van der Waals surface area (Å²) in [7, 11) is 0. The van der Waals surface area contributed by atoms with Crippen LogP contribution in [0, 0.1) is 11.8 Å². The highest BCUT2D eigenvalue weighted by atomic mass is 79.9. The summed E-state index contributed by atoms with van der Waals surface area (Å²) in [6.07, 6.45) is 2.87. The predicted molar refractivity (Wildman–Crippen MR) is 64.7 cm³/mol. The van der Waals surface area contributed by atoms with Gasteiger partial charge in [-0.2, -0.15) is 0 Å². The quantitative estimate of drug-likeness (QED) is 0.749. The second-order valence-electron chi connectivity index (χ2n) is 4.14. The van der Waals surface area contributed by atoms with Gasteiger partial charge in [0, 0.05) is 23.1 Å². The number of aromatic nitrogens is 1. The van der Waals surface area contributed by atoms with Crippen molar-refractivity contribution in [3.63, 3.8) is 0 Å². The van der Waals surface area contributed by atoms with Gasteiger partial charge in [-0.3, -0.25) is 4.98 Å². The lowest BCUT2D eigenvalue weighted by Crippen LogP contribution is -2.19. The molecular formula is C12H18BrN. The highest BCUT2D eigenvalue weighted by molar-refractivity contribution is 9.09. The zero-order valence-corrected chi connectivity index (χ0v) is 10.7. The summed E-state index contributed by atoms with van der Waals surface area (Å²) in [5.74, 6) is 1.39. The van der Waals surface area contributed by atoms with E-state index >= 15 is 0 Å². The molecule has 0 saturated carbocycles. The van der Waals surface area contributed by atoms with Crippen molar-refractivity contribution >= 4 is 15.9 Å². The molecule has 0 spiro atoms. The Morgan fingerprint density at radius 3 is 2.50 bits per heavy atom. The molecule has 2 heteroatoms. The van der Waals surface area contributed by atoms with Gasteiger partial charge in [0.05, 0.1) is 0 Å². The smallest absolute Gasteiger partial charge is 0.0414 e. The Labute approximate surface area is 95.1 Å². The van der Waals surface area contributed by atoms with Crippen LogP contribution in [0.3, 0.4) is 0 Å². The van der Waals surface area contributed by atoms with Gasteiger partial charge in [-0.25, -0.2) is 0 Å². The molecule has 0 aliphatic rings. The number of hydrogen-bond donors (Lipinski definition) is 0. The van der Waals surface area contributed by atoms with E-state index in [0.717, 1.165) is 6.42 Å². The molecule has 1 aromatic heterocycles. The summed E-state index contributed by atoms with van der Waals surface area (Å²) in [5.41, 5.74) is 1.17. The monoisotopic (exact) mass is 255 g/mol. The van der Waals surface area contributed by atoms with Crippen LogP contribution in [0.15, 0.2) is 24.4 Å². The molecule has 0 bridgehead atoms. The average molecular weight is 256 g/mol. The molecule has 14 heavy (non-hydrogen) atoms. The topological polar surface area (TPSA) is 12.9 Å². The average Bonchev–Trinajstić information content (AvgIpc) is 2.18. The van der Waals surface area contributed by atoms with E-state index in [2.05, 4.69) is 47.8 Å². The molecule has 2 unspecified atom stereocenters. The first-order chi connectivity index (χ1) is 6.61. The highest BCUT2D eigenvalue weighted by Gasteiger charge is 2.17. The molecular weight excluding hydrogens is 238 g/mol. The van der Waals surface area contributed by atoms with Crippen molar-refractivity contribution in [2.75, 3.05) is 0 Å². The third-order valence-corrected chi connectivity index (χ3v) is 3.91. The Kier molecular flexibility index (Phi) is 4.59. The molecule has 0 fully saturated rings. The Bertz CT molecular complexity index is 258. The van der Waals surface area contributed by atoms with E-state index in [4.69, 9.17) is 0 Å². The van der Waals surface area contributed by atoms with E-state index in [1.54, 1.807) is 0 Å². The molecule has 0 aliphatic heterocycles. The summed E-state index contributed by atoms with van der Waals surface area (Å²) >= 11 is 3.74. The number of alkyl halides is 1. The number of halogens is 1. The maximum Gasteiger partial charge on any atom is 0.0414 e. The Hall–Kier alpha value is -0.370. The van der Waals surface area contributed by atoms with Gasteiger partial charge in [0.25, 0.3) is 0 Å². The van der Waals surface area contributed by atoms with E-state index in [1.807, 2.05) is 18.3 Å². The lowest BCUT2D eigenvalue weighted by atomic mass is 9.92. The Morgan fingerprint density at radius 1 is 1.29 bits per heavy atom. The van der Waals surface area contributed by atoms with Crippen LogP contribution in [0.2, 0.25) is 0 Å². The lowest BCUT2D eigenvalue weighted by molar-refractivity contribution is 0.406. The first-order valence-electron chi connectivity index (χ1n) is 5.15. The zero-order chi connectivity index (χ0) is 10.6. The summed E-state index contributed by atoms with van der Waals surface area (Å²) in [6, 6.07) is 6.09. The standard InChI is InChI=1S/C12H18BrN/c1-9(2)10(3)12(13)8-11-6-4-5-7-14-11/h4-7,9-10,12H,8H2,1-3H3. The molecule has 0 saturated heterocycles. The molecule has 1 nitrogen and oxygen atoms in total. The SMILES string of the molecule is CC(C)C(C)C(Br)Cc1ccccn1. The second kappa shape index (κ2) is 5.50. The van der Waals surface area contributed by atoms with E-state index < -0.39 is 0 Å². The summed E-state index contributed by atoms with van der Waals surface area (Å²) in [4.78, 5) is 4.86. The minimum Gasteiger partial charge on any atom is -0.261 e. The zero-order valence-electron chi connectivity index (χ0n) is 9.07. The molecule has 0 amide bonds. The van der Waals surface area contributed by atoms with Crippen LogP contribution in [-0.2, 0) is 6.42 Å². The molecule has 0 radical (unpaired) electrons. The van der Waals surface area contributed by atoms with Gasteiger partial charge in [-0.1, -0.05) is 42.8 Å². The fourth-order valence-electron chi connectivity index (χ4n) is 1.32. The van der Waals surface area contributed by atoms with Gasteiger partial charge < -0.3 is 0 Å². The van der Waals surface area contributed by atoms with Crippen LogP contribution in [0.1, 0.15) is 26.5 Å². The van der Waals surface area contributed by atoms with Crippen molar-refractivity contribution in [3.8, 4) is 0 Å². The molecule has 1 heterocycles. The van der Waals surface area contributed by atoms with Crippen LogP contribution >= 0.6 is 15.9 Å². The van der Waals surface area contributed by atoms with Gasteiger partial charge in [0.1, 0.15) is 0 Å². The van der Waals surface area contributed by atoms with Crippen molar-refractivity contribution in [1.29, 1.82) is 0 Å². The minimum atomic E-state index is 0.525. The summed E-state index contributed by atoms with van der Waals surface area (Å²) in [5, 5.41) is 0. The van der Waals surface area contributed by atoms with Crippen molar-refractivity contribution in [1.82, 2.24) is 4.98 Å². The molecule has 0 aromatic carbocycles. The predicted octanol–water partition coefficient (Wildman–Crippen LogP) is 3.68. The number of hydrogen-bond acceptors (Lipinski definition) is 1. The normalized spacial score (nSPS) is 15.5. The van der Waals surface area contributed by atoms with Crippen LogP contribution in [0.4, 0.5) is 0 Å². The molecule has 0 N–H and O–H groups in total. The van der Waals surface area contributed by atoms with Crippen LogP contribution in [0.25, 0.3) is 0 Å². The van der Waals surface area contributed by atoms with Crippen molar-refractivity contribution in [2.24, 2.45) is 11.8 Å². The molecule has 1 aromatic rings. The fourth-order valence-corrected chi connectivity index (χ4v) is 2.26. The van der Waals surface area contributed by atoms with Gasteiger partial charge in [0.2, 0.25) is 0 Å². The molecule has 2 atom stereocenters. The fraction of sp³-hybridized carbons (Fsp3) is 0.583. The first-order valence-corrected chi connectivity index (χ1v) is 6.06. The maximum absolute atomic E-state index is 4.33. The molecule has 0 aliphatic carbocycles. The van der Waals surface area contributed by atoms with E-state index in [0.29, 0.717) is 16.7 Å². The van der Waals surface area contributed by atoms with Gasteiger partial charge in [-0.05, 0) is 24.0 Å². The molecule has 78 valence electrons.